The lowest BCUT2D eigenvalue weighted by molar-refractivity contribution is 0.203. The Bertz CT molecular complexity index is 1170. The van der Waals surface area contributed by atoms with Gasteiger partial charge in [-0.05, 0) is 49.5 Å². The van der Waals surface area contributed by atoms with E-state index in [9.17, 15) is 13.2 Å². The van der Waals surface area contributed by atoms with Crippen molar-refractivity contribution in [2.45, 2.75) is 18.7 Å². The predicted octanol–water partition coefficient (Wildman–Crippen LogP) is 3.20. The van der Waals surface area contributed by atoms with Gasteiger partial charge < -0.3 is 24.5 Å². The zero-order valence-corrected chi connectivity index (χ0v) is 19.0. The molecule has 10 nitrogen and oxygen atoms in total. The number of carbonyl (C=O) groups is 1. The minimum atomic E-state index is -4.04. The third-order valence-electron chi connectivity index (χ3n) is 5.05. The lowest BCUT2D eigenvalue weighted by Crippen LogP contribution is -2.28. The average molecular weight is 462 g/mol. The first-order valence-electron chi connectivity index (χ1n) is 10.2. The lowest BCUT2D eigenvalue weighted by Gasteiger charge is -2.18. The van der Waals surface area contributed by atoms with E-state index in [2.05, 4.69) is 34.0 Å². The van der Waals surface area contributed by atoms with E-state index in [-0.39, 0.29) is 16.6 Å². The van der Waals surface area contributed by atoms with Crippen LogP contribution in [0.25, 0.3) is 11.0 Å². The Morgan fingerprint density at radius 3 is 2.47 bits per heavy atom. The molecule has 0 aliphatic carbocycles. The van der Waals surface area contributed by atoms with E-state index in [1.54, 1.807) is 18.2 Å². The van der Waals surface area contributed by atoms with Gasteiger partial charge in [-0.3, -0.25) is 4.90 Å². The van der Waals surface area contributed by atoms with E-state index in [1.807, 2.05) is 0 Å². The summed E-state index contributed by atoms with van der Waals surface area (Å²) < 4.78 is 30.6. The number of imidazole rings is 1. The zero-order valence-electron chi connectivity index (χ0n) is 18.2. The molecule has 0 saturated heterocycles. The molecule has 32 heavy (non-hydrogen) atoms. The van der Waals surface area contributed by atoms with Gasteiger partial charge >= 0.3 is 16.2 Å². The van der Waals surface area contributed by atoms with Gasteiger partial charge in [0.25, 0.3) is 0 Å². The topological polar surface area (TPSA) is 128 Å². The number of aromatic nitrogens is 2. The number of rotatable bonds is 10. The van der Waals surface area contributed by atoms with Crippen LogP contribution >= 0.6 is 0 Å². The van der Waals surface area contributed by atoms with Crippen LogP contribution in [0.2, 0.25) is 0 Å². The maximum Gasteiger partial charge on any atom is 0.413 e. The molecule has 0 atom stereocenters. The third kappa shape index (κ3) is 5.48. The number of amides is 1. The van der Waals surface area contributed by atoms with Gasteiger partial charge in [0.2, 0.25) is 5.95 Å². The first-order chi connectivity index (χ1) is 15.2. The van der Waals surface area contributed by atoms with Gasteiger partial charge in [-0.25, -0.2) is 9.78 Å². The van der Waals surface area contributed by atoms with Crippen molar-refractivity contribution in [3.63, 3.8) is 0 Å². The van der Waals surface area contributed by atoms with Crippen molar-refractivity contribution in [2.24, 2.45) is 0 Å². The Kier molecular flexibility index (Phi) is 7.21. The molecule has 0 unspecified atom stereocenters. The standard InChI is InChI=1S/C21H27N5O5S/c1-4-26(5-2)13-12-22-15-6-9-17(10-7-15)32(29,30)31-16-8-11-18-19(14-16)24-20(23-18)25(3)21(27)28/h6-11,14,22H,4-5,12-13H2,1-3H3,(H,23,24)(H,27,28). The summed E-state index contributed by atoms with van der Waals surface area (Å²) in [5, 5.41) is 12.3. The van der Waals surface area contributed by atoms with Gasteiger partial charge in [0.15, 0.2) is 0 Å². The third-order valence-corrected chi connectivity index (χ3v) is 6.31. The molecule has 1 amide bonds. The number of benzene rings is 2. The minimum Gasteiger partial charge on any atom is -0.465 e. The molecule has 1 heterocycles. The first-order valence-corrected chi connectivity index (χ1v) is 11.6. The van der Waals surface area contributed by atoms with Crippen LogP contribution in [0.1, 0.15) is 13.8 Å². The number of anilines is 2. The normalized spacial score (nSPS) is 11.6. The molecule has 172 valence electrons. The number of likely N-dealkylation sites (N-methyl/N-ethyl adjacent to an activating group) is 1. The fourth-order valence-electron chi connectivity index (χ4n) is 3.09. The van der Waals surface area contributed by atoms with Gasteiger partial charge in [-0.15, -0.1) is 0 Å². The van der Waals surface area contributed by atoms with Crippen molar-refractivity contribution < 1.29 is 22.5 Å². The van der Waals surface area contributed by atoms with Crippen molar-refractivity contribution in [1.29, 1.82) is 0 Å². The average Bonchev–Trinajstić information content (AvgIpc) is 3.19. The summed E-state index contributed by atoms with van der Waals surface area (Å²) in [6, 6.07) is 10.9. The Morgan fingerprint density at radius 2 is 1.84 bits per heavy atom. The van der Waals surface area contributed by atoms with Crippen molar-refractivity contribution in [2.75, 3.05) is 43.4 Å². The maximum absolute atomic E-state index is 12.7. The molecule has 1 aromatic heterocycles. The highest BCUT2D eigenvalue weighted by molar-refractivity contribution is 7.87. The molecule has 0 aliphatic rings. The van der Waals surface area contributed by atoms with Gasteiger partial charge in [0, 0.05) is 31.9 Å². The molecule has 0 bridgehead atoms. The van der Waals surface area contributed by atoms with E-state index in [0.717, 1.165) is 36.8 Å². The molecule has 0 radical (unpaired) electrons. The number of H-pyrrole nitrogens is 1. The van der Waals surface area contributed by atoms with E-state index in [0.29, 0.717) is 11.0 Å². The first kappa shape index (κ1) is 23.4. The highest BCUT2D eigenvalue weighted by Gasteiger charge is 2.18. The van der Waals surface area contributed by atoms with Crippen molar-refractivity contribution in [1.82, 2.24) is 14.9 Å². The summed E-state index contributed by atoms with van der Waals surface area (Å²) in [7, 11) is -2.69. The zero-order chi connectivity index (χ0) is 23.3. The van der Waals surface area contributed by atoms with Gasteiger partial charge in [-0.2, -0.15) is 8.42 Å². The monoisotopic (exact) mass is 461 g/mol. The Labute approximate surface area is 186 Å². The summed E-state index contributed by atoms with van der Waals surface area (Å²) in [6.45, 7) is 7.84. The summed E-state index contributed by atoms with van der Waals surface area (Å²) in [5.74, 6) is 0.201. The molecule has 11 heteroatoms. The van der Waals surface area contributed by atoms with Crippen LogP contribution in [-0.4, -0.2) is 67.7 Å². The molecule has 0 fully saturated rings. The molecule has 0 spiro atoms. The summed E-state index contributed by atoms with van der Waals surface area (Å²) in [5.41, 5.74) is 1.76. The van der Waals surface area contributed by atoms with E-state index < -0.39 is 16.2 Å². The summed E-state index contributed by atoms with van der Waals surface area (Å²) >= 11 is 0. The van der Waals surface area contributed by atoms with Crippen molar-refractivity contribution >= 4 is 38.9 Å². The molecule has 3 N–H and O–H groups in total. The van der Waals surface area contributed by atoms with Crippen molar-refractivity contribution in [3.8, 4) is 5.75 Å². The smallest absolute Gasteiger partial charge is 0.413 e. The number of hydrogen-bond acceptors (Lipinski definition) is 7. The van der Waals surface area contributed by atoms with Crippen LogP contribution < -0.4 is 14.4 Å². The molecule has 2 aromatic carbocycles. The highest BCUT2D eigenvalue weighted by atomic mass is 32.2. The fourth-order valence-corrected chi connectivity index (χ4v) is 4.01. The Balaban J connectivity index is 1.68. The van der Waals surface area contributed by atoms with Gasteiger partial charge in [0.05, 0.1) is 11.0 Å². The molecule has 3 aromatic rings. The van der Waals surface area contributed by atoms with Gasteiger partial charge in [-0.1, -0.05) is 13.8 Å². The van der Waals surface area contributed by atoms with Crippen LogP contribution in [0, 0.1) is 0 Å². The van der Waals surface area contributed by atoms with Crippen LogP contribution in [0.5, 0.6) is 5.75 Å². The second kappa shape index (κ2) is 9.88. The molecular formula is C21H27N5O5S. The Morgan fingerprint density at radius 1 is 1.16 bits per heavy atom. The minimum absolute atomic E-state index is 0.0280. The number of aromatic amines is 1. The number of fused-ring (bicyclic) bond motifs is 1. The van der Waals surface area contributed by atoms with E-state index in [1.165, 1.54) is 31.3 Å². The maximum atomic E-state index is 12.7. The number of nitrogens with one attached hydrogen (secondary N) is 2. The van der Waals surface area contributed by atoms with Crippen LogP contribution in [0.3, 0.4) is 0 Å². The van der Waals surface area contributed by atoms with Crippen LogP contribution in [0.4, 0.5) is 16.4 Å². The number of nitrogens with zero attached hydrogens (tertiary/aromatic N) is 3. The van der Waals surface area contributed by atoms with Crippen molar-refractivity contribution in [3.05, 3.63) is 42.5 Å². The number of hydrogen-bond donors (Lipinski definition) is 3. The molecule has 0 aliphatic heterocycles. The predicted molar refractivity (Wildman–Crippen MR) is 123 cm³/mol. The summed E-state index contributed by atoms with van der Waals surface area (Å²) in [6.07, 6.45) is -1.17. The quantitative estimate of drug-likeness (QED) is 0.393. The second-order valence-electron chi connectivity index (χ2n) is 7.10. The van der Waals surface area contributed by atoms with Crippen LogP contribution in [0.15, 0.2) is 47.4 Å². The van der Waals surface area contributed by atoms with E-state index >= 15 is 0 Å². The van der Waals surface area contributed by atoms with Crippen LogP contribution in [-0.2, 0) is 10.1 Å². The van der Waals surface area contributed by atoms with Gasteiger partial charge in [0.1, 0.15) is 10.6 Å². The summed E-state index contributed by atoms with van der Waals surface area (Å²) in [4.78, 5) is 21.3. The molecule has 0 saturated carbocycles. The Hall–Kier alpha value is -3.31. The fraction of sp³-hybridized carbons (Fsp3) is 0.333. The molecular weight excluding hydrogens is 434 g/mol. The second-order valence-corrected chi connectivity index (χ2v) is 8.64. The largest absolute Gasteiger partial charge is 0.465 e. The lowest BCUT2D eigenvalue weighted by atomic mass is 10.3. The number of carboxylic acid groups (broad SMARTS) is 1. The van der Waals surface area contributed by atoms with E-state index in [4.69, 9.17) is 9.29 Å². The molecule has 3 rings (SSSR count). The SMILES string of the molecule is CCN(CC)CCNc1ccc(S(=O)(=O)Oc2ccc3[nH]c(N(C)C(=O)O)nc3c2)cc1. The highest BCUT2D eigenvalue weighted by Crippen LogP contribution is 2.25.